The predicted molar refractivity (Wildman–Crippen MR) is 110 cm³/mol. The summed E-state index contributed by atoms with van der Waals surface area (Å²) in [6, 6.07) is 16.2. The van der Waals surface area contributed by atoms with Gasteiger partial charge in [0.2, 0.25) is 0 Å². The third-order valence-electron chi connectivity index (χ3n) is 5.10. The third kappa shape index (κ3) is 5.35. The van der Waals surface area contributed by atoms with Gasteiger partial charge in [-0.3, -0.25) is 4.79 Å². The molecule has 1 aliphatic rings. The van der Waals surface area contributed by atoms with Gasteiger partial charge in [-0.05, 0) is 42.5 Å². The van der Waals surface area contributed by atoms with Gasteiger partial charge in [-0.1, -0.05) is 48.5 Å². The van der Waals surface area contributed by atoms with Gasteiger partial charge in [0.15, 0.2) is 0 Å². The first-order valence-electron chi connectivity index (χ1n) is 9.90. The van der Waals surface area contributed by atoms with Crippen LogP contribution in [0.4, 0.5) is 4.79 Å². The number of ether oxygens (including phenoxy) is 2. The maximum Gasteiger partial charge on any atom is 0.407 e. The molecule has 1 amide bonds. The smallest absolute Gasteiger partial charge is 0.407 e. The van der Waals surface area contributed by atoms with Crippen molar-refractivity contribution in [3.8, 4) is 11.1 Å². The average molecular weight is 397 g/mol. The summed E-state index contributed by atoms with van der Waals surface area (Å²) in [5.74, 6) is -0.819. The molecule has 0 saturated carbocycles. The van der Waals surface area contributed by atoms with Crippen molar-refractivity contribution in [2.45, 2.75) is 44.8 Å². The Kier molecular flexibility index (Phi) is 6.88. The Morgan fingerprint density at radius 3 is 2.21 bits per heavy atom. The average Bonchev–Trinajstić information content (AvgIpc) is 3.03. The molecule has 2 unspecified atom stereocenters. The quantitative estimate of drug-likeness (QED) is 0.663. The molecule has 0 aromatic heterocycles. The Labute approximate surface area is 170 Å². The highest BCUT2D eigenvalue weighted by Gasteiger charge is 2.29. The van der Waals surface area contributed by atoms with Gasteiger partial charge >= 0.3 is 12.1 Å². The van der Waals surface area contributed by atoms with E-state index in [1.807, 2.05) is 38.1 Å². The lowest BCUT2D eigenvalue weighted by atomic mass is 9.98. The Balaban J connectivity index is 1.49. The largest absolute Gasteiger partial charge is 0.481 e. The lowest BCUT2D eigenvalue weighted by molar-refractivity contribution is -0.137. The highest BCUT2D eigenvalue weighted by atomic mass is 16.5. The third-order valence-corrected chi connectivity index (χ3v) is 5.10. The van der Waals surface area contributed by atoms with Crippen molar-refractivity contribution in [1.82, 2.24) is 5.32 Å². The van der Waals surface area contributed by atoms with Crippen LogP contribution in [-0.2, 0) is 14.3 Å². The molecule has 2 aromatic rings. The van der Waals surface area contributed by atoms with Crippen LogP contribution in [-0.4, -0.2) is 42.5 Å². The van der Waals surface area contributed by atoms with Gasteiger partial charge in [-0.2, -0.15) is 0 Å². The fourth-order valence-corrected chi connectivity index (χ4v) is 3.60. The number of hydrogen-bond acceptors (Lipinski definition) is 4. The zero-order valence-electron chi connectivity index (χ0n) is 16.8. The second-order valence-electron chi connectivity index (χ2n) is 7.45. The molecule has 0 aliphatic heterocycles. The Morgan fingerprint density at radius 2 is 1.62 bits per heavy atom. The lowest BCUT2D eigenvalue weighted by Crippen LogP contribution is -2.37. The minimum absolute atomic E-state index is 0.0238. The van der Waals surface area contributed by atoms with Crippen molar-refractivity contribution in [3.63, 3.8) is 0 Å². The molecule has 1 aliphatic carbocycles. The molecule has 2 N–H and O–H groups in total. The summed E-state index contributed by atoms with van der Waals surface area (Å²) in [6.07, 6.45) is -0.165. The van der Waals surface area contributed by atoms with Crippen molar-refractivity contribution < 1.29 is 24.2 Å². The van der Waals surface area contributed by atoms with Crippen LogP contribution < -0.4 is 5.32 Å². The predicted octanol–water partition coefficient (Wildman–Crippen LogP) is 4.18. The van der Waals surface area contributed by atoms with Crippen LogP contribution >= 0.6 is 0 Å². The van der Waals surface area contributed by atoms with Crippen molar-refractivity contribution in [2.75, 3.05) is 13.2 Å². The maximum atomic E-state index is 12.2. The van der Waals surface area contributed by atoms with Crippen LogP contribution in [0.3, 0.4) is 0 Å². The number of nitrogens with one attached hydrogen (secondary N) is 1. The molecule has 0 bridgehead atoms. The monoisotopic (exact) mass is 397 g/mol. The van der Waals surface area contributed by atoms with E-state index in [-0.39, 0.29) is 31.1 Å². The Morgan fingerprint density at radius 1 is 1.03 bits per heavy atom. The summed E-state index contributed by atoms with van der Waals surface area (Å²) in [5.41, 5.74) is 4.72. The summed E-state index contributed by atoms with van der Waals surface area (Å²) in [7, 11) is 0. The summed E-state index contributed by atoms with van der Waals surface area (Å²) >= 11 is 0. The molecule has 29 heavy (non-hydrogen) atoms. The van der Waals surface area contributed by atoms with Crippen molar-refractivity contribution in [3.05, 3.63) is 59.7 Å². The van der Waals surface area contributed by atoms with Crippen molar-refractivity contribution >= 4 is 12.1 Å². The second-order valence-corrected chi connectivity index (χ2v) is 7.45. The first-order chi connectivity index (χ1) is 14.0. The van der Waals surface area contributed by atoms with Gasteiger partial charge in [-0.15, -0.1) is 0 Å². The number of aliphatic carboxylic acids is 1. The van der Waals surface area contributed by atoms with E-state index in [1.54, 1.807) is 0 Å². The van der Waals surface area contributed by atoms with Gasteiger partial charge in [0.1, 0.15) is 6.61 Å². The summed E-state index contributed by atoms with van der Waals surface area (Å²) in [4.78, 5) is 22.8. The first kappa shape index (κ1) is 20.9. The molecule has 0 fully saturated rings. The van der Waals surface area contributed by atoms with Gasteiger partial charge in [-0.25, -0.2) is 4.79 Å². The molecule has 2 aromatic carbocycles. The van der Waals surface area contributed by atoms with Gasteiger partial charge < -0.3 is 19.9 Å². The van der Waals surface area contributed by atoms with E-state index in [4.69, 9.17) is 14.6 Å². The standard InChI is InChI=1S/C23H27NO5/c1-15(13-28-16(2)11-12-22(25)26)24-23(27)29-14-21-19-9-5-3-7-17(19)18-8-4-6-10-20(18)21/h3-10,15-16,21H,11-14H2,1-2H3,(H,24,27)(H,25,26). The molecule has 0 radical (unpaired) electrons. The number of fused-ring (bicyclic) bond motifs is 3. The molecule has 0 heterocycles. The minimum Gasteiger partial charge on any atom is -0.481 e. The second kappa shape index (κ2) is 9.56. The number of benzene rings is 2. The number of amides is 1. The molecule has 6 heteroatoms. The van der Waals surface area contributed by atoms with E-state index in [9.17, 15) is 9.59 Å². The van der Waals surface area contributed by atoms with Gasteiger partial charge in [0.05, 0.1) is 18.8 Å². The molecule has 0 saturated heterocycles. The van der Waals surface area contributed by atoms with E-state index >= 15 is 0 Å². The van der Waals surface area contributed by atoms with Crippen molar-refractivity contribution in [2.24, 2.45) is 0 Å². The van der Waals surface area contributed by atoms with Crippen LogP contribution in [0, 0.1) is 0 Å². The van der Waals surface area contributed by atoms with Crippen molar-refractivity contribution in [1.29, 1.82) is 0 Å². The zero-order chi connectivity index (χ0) is 20.8. The summed E-state index contributed by atoms with van der Waals surface area (Å²) in [6.45, 7) is 4.21. The van der Waals surface area contributed by atoms with E-state index in [1.165, 1.54) is 22.3 Å². The van der Waals surface area contributed by atoms with E-state index in [0.29, 0.717) is 13.0 Å². The van der Waals surface area contributed by atoms with Crippen LogP contribution in [0.2, 0.25) is 0 Å². The highest BCUT2D eigenvalue weighted by molar-refractivity contribution is 5.79. The Hall–Kier alpha value is -2.86. The summed E-state index contributed by atoms with van der Waals surface area (Å²) in [5, 5.41) is 11.5. The fourth-order valence-electron chi connectivity index (χ4n) is 3.60. The van der Waals surface area contributed by atoms with Crippen LogP contribution in [0.15, 0.2) is 48.5 Å². The van der Waals surface area contributed by atoms with E-state index < -0.39 is 12.1 Å². The number of carbonyl (C=O) groups excluding carboxylic acids is 1. The number of carboxylic acids is 1. The minimum atomic E-state index is -0.842. The maximum absolute atomic E-state index is 12.2. The van der Waals surface area contributed by atoms with E-state index in [0.717, 1.165) is 0 Å². The molecular formula is C23H27NO5. The normalized spacial score (nSPS) is 14.6. The molecule has 6 nitrogen and oxygen atoms in total. The first-order valence-corrected chi connectivity index (χ1v) is 9.90. The number of hydrogen-bond donors (Lipinski definition) is 2. The SMILES string of the molecule is CC(COC(C)CCC(=O)O)NC(=O)OCC1c2ccccc2-c2ccccc21. The number of alkyl carbamates (subject to hydrolysis) is 1. The fraction of sp³-hybridized carbons (Fsp3) is 0.391. The van der Waals surface area contributed by atoms with Crippen LogP contribution in [0.25, 0.3) is 11.1 Å². The van der Waals surface area contributed by atoms with Gasteiger partial charge in [0.25, 0.3) is 0 Å². The van der Waals surface area contributed by atoms with E-state index in [2.05, 4.69) is 29.6 Å². The number of carbonyl (C=O) groups is 2. The number of rotatable bonds is 9. The summed E-state index contributed by atoms with van der Waals surface area (Å²) < 4.78 is 11.1. The molecule has 154 valence electrons. The molecular weight excluding hydrogens is 370 g/mol. The topological polar surface area (TPSA) is 84.9 Å². The molecule has 3 rings (SSSR count). The van der Waals surface area contributed by atoms with Crippen LogP contribution in [0.5, 0.6) is 0 Å². The molecule has 0 spiro atoms. The zero-order valence-corrected chi connectivity index (χ0v) is 16.8. The lowest BCUT2D eigenvalue weighted by Gasteiger charge is -2.19. The highest BCUT2D eigenvalue weighted by Crippen LogP contribution is 2.44. The van der Waals surface area contributed by atoms with Gasteiger partial charge in [0, 0.05) is 12.3 Å². The van der Waals surface area contributed by atoms with Crippen LogP contribution in [0.1, 0.15) is 43.7 Å². The molecule has 2 atom stereocenters. The Bertz CT molecular complexity index is 820. The number of carboxylic acid groups (broad SMARTS) is 1.